The number of imidazole rings is 1. The minimum Gasteiger partial charge on any atom is -0.306 e. The Morgan fingerprint density at radius 2 is 1.94 bits per heavy atom. The Labute approximate surface area is 183 Å². The maximum absolute atomic E-state index is 12.7. The van der Waals surface area contributed by atoms with Gasteiger partial charge in [0.1, 0.15) is 10.1 Å². The second-order valence-electron chi connectivity index (χ2n) is 6.50. The van der Waals surface area contributed by atoms with Gasteiger partial charge in [-0.3, -0.25) is 4.79 Å². The van der Waals surface area contributed by atoms with Crippen molar-refractivity contribution in [3.05, 3.63) is 88.8 Å². The molecule has 2 aromatic carbocycles. The molecule has 0 spiro atoms. The third-order valence-corrected chi connectivity index (χ3v) is 5.12. The van der Waals surface area contributed by atoms with E-state index in [2.05, 4.69) is 25.1 Å². The van der Waals surface area contributed by atoms with E-state index < -0.39 is 17.8 Å². The monoisotopic (exact) mass is 455 g/mol. The lowest BCUT2D eigenvalue weighted by molar-refractivity contribution is -0.140. The van der Waals surface area contributed by atoms with Gasteiger partial charge in [0.15, 0.2) is 12.2 Å². The summed E-state index contributed by atoms with van der Waals surface area (Å²) in [6.45, 7) is 0.170. The van der Waals surface area contributed by atoms with Crippen LogP contribution < -0.4 is 4.91 Å². The smallest absolute Gasteiger partial charge is 0.306 e. The number of halogens is 3. The molecular formula is C21H14F3N6OS+. The molecule has 0 saturated carbocycles. The van der Waals surface area contributed by atoms with Crippen LogP contribution in [0.2, 0.25) is 0 Å². The molecule has 0 bridgehead atoms. The first-order chi connectivity index (χ1) is 15.4. The molecule has 32 heavy (non-hydrogen) atoms. The number of rotatable bonds is 5. The van der Waals surface area contributed by atoms with Gasteiger partial charge in [-0.15, -0.1) is 11.3 Å². The number of hydrogen-bond donors (Lipinski definition) is 0. The molecule has 0 aliphatic rings. The van der Waals surface area contributed by atoms with Crippen LogP contribution in [0.4, 0.5) is 13.2 Å². The van der Waals surface area contributed by atoms with E-state index >= 15 is 0 Å². The maximum Gasteiger partial charge on any atom is 0.434 e. The summed E-state index contributed by atoms with van der Waals surface area (Å²) in [5, 5.41) is 10.0. The van der Waals surface area contributed by atoms with Crippen molar-refractivity contribution in [2.24, 2.45) is 10.2 Å². The number of amides is 1. The highest BCUT2D eigenvalue weighted by Gasteiger charge is 2.33. The van der Waals surface area contributed by atoms with Gasteiger partial charge in [-0.05, 0) is 18.2 Å². The number of hydrogen-bond acceptors (Lipinski definition) is 5. The second-order valence-corrected chi connectivity index (χ2v) is 7.44. The fourth-order valence-corrected chi connectivity index (χ4v) is 3.48. The van der Waals surface area contributed by atoms with Crippen LogP contribution in [-0.2, 0) is 12.7 Å². The molecule has 160 valence electrons. The van der Waals surface area contributed by atoms with E-state index in [-0.39, 0.29) is 12.1 Å². The van der Waals surface area contributed by atoms with Gasteiger partial charge in [-0.2, -0.15) is 13.2 Å². The Balaban J connectivity index is 1.43. The fraction of sp³-hybridized carbons (Fsp3) is 0.0952. The summed E-state index contributed by atoms with van der Waals surface area (Å²) in [5.74, 6) is -0.670. The third-order valence-electron chi connectivity index (χ3n) is 4.29. The van der Waals surface area contributed by atoms with E-state index in [1.165, 1.54) is 34.1 Å². The molecule has 0 aliphatic carbocycles. The fourth-order valence-electron chi connectivity index (χ4n) is 2.76. The minimum absolute atomic E-state index is 0.157. The molecule has 0 N–H and O–H groups in total. The van der Waals surface area contributed by atoms with Crippen LogP contribution in [0.5, 0.6) is 0 Å². The lowest BCUT2D eigenvalue weighted by Gasteiger charge is -2.03. The van der Waals surface area contributed by atoms with Crippen LogP contribution in [0.15, 0.2) is 82.7 Å². The predicted molar refractivity (Wildman–Crippen MR) is 111 cm³/mol. The first-order valence-corrected chi connectivity index (χ1v) is 10.1. The topological polar surface area (TPSA) is 86.6 Å². The molecule has 0 unspecified atom stereocenters. The lowest BCUT2D eigenvalue weighted by Crippen LogP contribution is -2.05. The van der Waals surface area contributed by atoms with Crippen LogP contribution >= 0.6 is 11.3 Å². The summed E-state index contributed by atoms with van der Waals surface area (Å²) in [5.41, 5.74) is 1.29. The van der Waals surface area contributed by atoms with Crippen LogP contribution in [0.25, 0.3) is 16.9 Å². The normalized spacial score (nSPS) is 11.1. The van der Waals surface area contributed by atoms with Crippen molar-refractivity contribution in [1.82, 2.24) is 19.4 Å². The SMILES string of the molecule is O=C(N=[N+]=NCc1nc(-c2ccccc2)cs1)c1cccc(-n2cnc(C(F)(F)F)c2)c1. The van der Waals surface area contributed by atoms with Crippen LogP contribution in [0.3, 0.4) is 0 Å². The van der Waals surface area contributed by atoms with Crippen molar-refractivity contribution in [1.29, 1.82) is 0 Å². The van der Waals surface area contributed by atoms with Gasteiger partial charge >= 0.3 is 12.1 Å². The quantitative estimate of drug-likeness (QED) is 0.301. The molecule has 0 radical (unpaired) electrons. The van der Waals surface area contributed by atoms with E-state index in [4.69, 9.17) is 0 Å². The van der Waals surface area contributed by atoms with Gasteiger partial charge in [-0.1, -0.05) is 36.4 Å². The highest BCUT2D eigenvalue weighted by atomic mass is 32.1. The predicted octanol–water partition coefficient (Wildman–Crippen LogP) is 5.33. The van der Waals surface area contributed by atoms with Crippen molar-refractivity contribution >= 4 is 17.2 Å². The number of benzene rings is 2. The third kappa shape index (κ3) is 5.02. The zero-order chi connectivity index (χ0) is 22.6. The van der Waals surface area contributed by atoms with Crippen molar-refractivity contribution in [3.63, 3.8) is 0 Å². The average Bonchev–Trinajstić information content (AvgIpc) is 3.47. The standard InChI is InChI=1S/C21H14F3N6OS/c22-21(23,24)18-11-30(13-25-18)16-8-4-7-15(9-16)20(31)28-29-26-10-19-27-17(12-32-19)14-5-2-1-3-6-14/h1-9,11-13H,10H2/q+1. The Bertz CT molecular complexity index is 1310. The molecule has 2 heterocycles. The van der Waals surface area contributed by atoms with Crippen LogP contribution in [-0.4, -0.2) is 20.4 Å². The van der Waals surface area contributed by atoms with Crippen LogP contribution in [0.1, 0.15) is 21.1 Å². The first kappa shape index (κ1) is 21.3. The number of nitrogens with zero attached hydrogens (tertiary/aromatic N) is 6. The summed E-state index contributed by atoms with van der Waals surface area (Å²) >= 11 is 1.42. The van der Waals surface area contributed by atoms with Crippen molar-refractivity contribution in [3.8, 4) is 16.9 Å². The van der Waals surface area contributed by atoms with Gasteiger partial charge in [0.2, 0.25) is 10.0 Å². The molecular weight excluding hydrogens is 441 g/mol. The van der Waals surface area contributed by atoms with Gasteiger partial charge in [0.05, 0.1) is 17.6 Å². The Morgan fingerprint density at radius 1 is 1.12 bits per heavy atom. The maximum atomic E-state index is 12.7. The van der Waals surface area contributed by atoms with E-state index in [0.717, 1.165) is 28.8 Å². The van der Waals surface area contributed by atoms with Crippen LogP contribution in [0, 0.1) is 0 Å². The highest BCUT2D eigenvalue weighted by molar-refractivity contribution is 7.09. The first-order valence-electron chi connectivity index (χ1n) is 9.23. The van der Waals surface area contributed by atoms with E-state index in [0.29, 0.717) is 5.69 Å². The second kappa shape index (κ2) is 9.04. The molecule has 0 aliphatic heterocycles. The Hall–Kier alpha value is -3.95. The number of carbonyl (C=O) groups excluding carboxylic acids is 1. The average molecular weight is 455 g/mol. The molecule has 4 rings (SSSR count). The van der Waals surface area contributed by atoms with Crippen molar-refractivity contribution in [2.45, 2.75) is 12.7 Å². The molecule has 7 nitrogen and oxygen atoms in total. The van der Waals surface area contributed by atoms with E-state index in [1.807, 2.05) is 35.7 Å². The summed E-state index contributed by atoms with van der Waals surface area (Å²) in [7, 11) is 0. The molecule has 0 fully saturated rings. The molecule has 0 saturated heterocycles. The van der Waals surface area contributed by atoms with E-state index in [9.17, 15) is 18.0 Å². The minimum atomic E-state index is -4.55. The van der Waals surface area contributed by atoms with Gasteiger partial charge in [0.25, 0.3) is 0 Å². The van der Waals surface area contributed by atoms with Crippen molar-refractivity contribution in [2.75, 3.05) is 0 Å². The van der Waals surface area contributed by atoms with Gasteiger partial charge in [0, 0.05) is 22.8 Å². The lowest BCUT2D eigenvalue weighted by atomic mass is 10.2. The van der Waals surface area contributed by atoms with Crippen molar-refractivity contribution < 1.29 is 18.0 Å². The zero-order valence-corrected chi connectivity index (χ0v) is 17.1. The number of alkyl halides is 3. The molecule has 2 aromatic heterocycles. The molecule has 0 atom stereocenters. The summed E-state index contributed by atoms with van der Waals surface area (Å²) < 4.78 is 39.4. The van der Waals surface area contributed by atoms with Gasteiger partial charge in [-0.25, -0.2) is 9.97 Å². The summed E-state index contributed by atoms with van der Waals surface area (Å²) in [6, 6.07) is 15.7. The van der Waals surface area contributed by atoms with Gasteiger partial charge < -0.3 is 4.57 Å². The summed E-state index contributed by atoms with van der Waals surface area (Å²) in [6.07, 6.45) is -2.67. The molecule has 11 heteroatoms. The Morgan fingerprint density at radius 3 is 2.69 bits per heavy atom. The molecule has 4 aromatic rings. The largest absolute Gasteiger partial charge is 0.434 e. The summed E-state index contributed by atoms with van der Waals surface area (Å²) in [4.78, 5) is 23.6. The number of carbonyl (C=O) groups is 1. The number of thiazole rings is 1. The molecule has 1 amide bonds. The highest BCUT2D eigenvalue weighted by Crippen LogP contribution is 2.28. The van der Waals surface area contributed by atoms with E-state index in [1.54, 1.807) is 6.07 Å². The Kier molecular flexibility index (Phi) is 6.02. The number of aromatic nitrogens is 3. The zero-order valence-electron chi connectivity index (χ0n) is 16.3.